The van der Waals surface area contributed by atoms with Crippen LogP contribution < -0.4 is 5.73 Å². The zero-order valence-electron chi connectivity index (χ0n) is 10.7. The molecule has 2 rings (SSSR count). The van der Waals surface area contributed by atoms with Gasteiger partial charge in [-0.05, 0) is 23.3 Å². The molecule has 0 spiro atoms. The van der Waals surface area contributed by atoms with E-state index in [0.29, 0.717) is 19.0 Å². The number of nitrogens with two attached hydrogens (primary N) is 1. The van der Waals surface area contributed by atoms with E-state index < -0.39 is 0 Å². The molecule has 0 saturated heterocycles. The second kappa shape index (κ2) is 5.31. The molecule has 0 atom stereocenters. The molecule has 0 saturated carbocycles. The molecule has 1 heterocycles. The fraction of sp³-hybridized carbons (Fsp3) is 0.357. The quantitative estimate of drug-likeness (QED) is 0.902. The maximum Gasteiger partial charge on any atom is 0.123 e. The minimum absolute atomic E-state index is 0.228. The van der Waals surface area contributed by atoms with Gasteiger partial charge in [-0.1, -0.05) is 19.9 Å². The molecule has 2 N–H and O–H groups in total. The summed E-state index contributed by atoms with van der Waals surface area (Å²) in [6, 6.07) is 4.74. The maximum atomic E-state index is 13.3. The molecule has 3 nitrogen and oxygen atoms in total. The second-order valence-corrected chi connectivity index (χ2v) is 4.69. The van der Waals surface area contributed by atoms with E-state index in [1.807, 2.05) is 10.8 Å². The molecule has 0 amide bonds. The van der Waals surface area contributed by atoms with Crippen molar-refractivity contribution < 1.29 is 4.39 Å². The summed E-state index contributed by atoms with van der Waals surface area (Å²) in [7, 11) is 0. The number of hydrogen-bond donors (Lipinski definition) is 1. The molecule has 0 unspecified atom stereocenters. The Kier molecular flexibility index (Phi) is 3.77. The van der Waals surface area contributed by atoms with E-state index in [2.05, 4.69) is 18.8 Å². The molecule has 0 radical (unpaired) electrons. The van der Waals surface area contributed by atoms with Crippen molar-refractivity contribution in [1.29, 1.82) is 0 Å². The zero-order valence-corrected chi connectivity index (χ0v) is 10.7. The SMILES string of the molecule is CC(C)c1nccn1Cc1cc(F)ccc1CN. The molecule has 18 heavy (non-hydrogen) atoms. The molecule has 0 bridgehead atoms. The number of nitrogens with zero attached hydrogens (tertiary/aromatic N) is 2. The van der Waals surface area contributed by atoms with Crippen LogP contribution in [0.3, 0.4) is 0 Å². The van der Waals surface area contributed by atoms with E-state index in [-0.39, 0.29) is 5.82 Å². The summed E-state index contributed by atoms with van der Waals surface area (Å²) in [5.74, 6) is 1.12. The van der Waals surface area contributed by atoms with Gasteiger partial charge >= 0.3 is 0 Å². The molecule has 0 aliphatic heterocycles. The Bertz CT molecular complexity index is 532. The highest BCUT2D eigenvalue weighted by Gasteiger charge is 2.09. The highest BCUT2D eigenvalue weighted by atomic mass is 19.1. The van der Waals surface area contributed by atoms with Crippen molar-refractivity contribution >= 4 is 0 Å². The number of benzene rings is 1. The molecular weight excluding hydrogens is 229 g/mol. The Labute approximate surface area is 106 Å². The standard InChI is InChI=1S/C14H18FN3/c1-10(2)14-17-5-6-18(14)9-12-7-13(15)4-3-11(12)8-16/h3-7,10H,8-9,16H2,1-2H3. The predicted molar refractivity (Wildman–Crippen MR) is 69.7 cm³/mol. The van der Waals surface area contributed by atoms with Gasteiger partial charge in [-0.25, -0.2) is 9.37 Å². The van der Waals surface area contributed by atoms with Gasteiger partial charge in [0.2, 0.25) is 0 Å². The normalized spacial score (nSPS) is 11.2. The first-order valence-electron chi connectivity index (χ1n) is 6.10. The number of hydrogen-bond acceptors (Lipinski definition) is 2. The van der Waals surface area contributed by atoms with E-state index in [4.69, 9.17) is 5.73 Å². The molecule has 0 aliphatic rings. The summed E-state index contributed by atoms with van der Waals surface area (Å²) >= 11 is 0. The molecule has 2 aromatic rings. The molecular formula is C14H18FN3. The molecule has 96 valence electrons. The fourth-order valence-electron chi connectivity index (χ4n) is 2.08. The number of halogens is 1. The number of rotatable bonds is 4. The van der Waals surface area contributed by atoms with Crippen LogP contribution in [0.5, 0.6) is 0 Å². The third-order valence-electron chi connectivity index (χ3n) is 2.99. The van der Waals surface area contributed by atoms with Crippen molar-refractivity contribution in [3.8, 4) is 0 Å². The van der Waals surface area contributed by atoms with E-state index in [0.717, 1.165) is 17.0 Å². The molecule has 0 fully saturated rings. The molecule has 4 heteroatoms. The molecule has 1 aromatic heterocycles. The molecule has 0 aliphatic carbocycles. The van der Waals surface area contributed by atoms with Crippen molar-refractivity contribution in [3.05, 3.63) is 53.4 Å². The smallest absolute Gasteiger partial charge is 0.123 e. The number of aromatic nitrogens is 2. The molecule has 1 aromatic carbocycles. The minimum Gasteiger partial charge on any atom is -0.330 e. The summed E-state index contributed by atoms with van der Waals surface area (Å²) in [6.07, 6.45) is 3.69. The van der Waals surface area contributed by atoms with E-state index in [1.54, 1.807) is 18.3 Å². The summed E-state index contributed by atoms with van der Waals surface area (Å²) in [5.41, 5.74) is 7.57. The average Bonchev–Trinajstić information content (AvgIpc) is 2.77. The monoisotopic (exact) mass is 247 g/mol. The van der Waals surface area contributed by atoms with Gasteiger partial charge in [0.05, 0.1) is 0 Å². The van der Waals surface area contributed by atoms with Crippen LogP contribution in [-0.4, -0.2) is 9.55 Å². The van der Waals surface area contributed by atoms with Crippen molar-refractivity contribution in [3.63, 3.8) is 0 Å². The van der Waals surface area contributed by atoms with E-state index in [1.165, 1.54) is 6.07 Å². The highest BCUT2D eigenvalue weighted by Crippen LogP contribution is 2.17. The first kappa shape index (κ1) is 12.8. The van der Waals surface area contributed by atoms with Crippen LogP contribution in [0.4, 0.5) is 4.39 Å². The highest BCUT2D eigenvalue weighted by molar-refractivity contribution is 5.28. The summed E-state index contributed by atoms with van der Waals surface area (Å²) in [6.45, 7) is 5.21. The topological polar surface area (TPSA) is 43.8 Å². The lowest BCUT2D eigenvalue weighted by Gasteiger charge is -2.13. The Balaban J connectivity index is 2.33. The van der Waals surface area contributed by atoms with Crippen LogP contribution in [0.2, 0.25) is 0 Å². The van der Waals surface area contributed by atoms with Crippen molar-refractivity contribution in [2.75, 3.05) is 0 Å². The Hall–Kier alpha value is -1.68. The van der Waals surface area contributed by atoms with Crippen LogP contribution in [0.1, 0.15) is 36.7 Å². The lowest BCUT2D eigenvalue weighted by molar-refractivity contribution is 0.617. The van der Waals surface area contributed by atoms with E-state index in [9.17, 15) is 4.39 Å². The first-order chi connectivity index (χ1) is 8.61. The third kappa shape index (κ3) is 2.59. The number of imidazole rings is 1. The van der Waals surface area contributed by atoms with Crippen molar-refractivity contribution in [2.24, 2.45) is 5.73 Å². The largest absolute Gasteiger partial charge is 0.330 e. The van der Waals surface area contributed by atoms with Gasteiger partial charge in [0.15, 0.2) is 0 Å². The van der Waals surface area contributed by atoms with Gasteiger partial charge in [-0.3, -0.25) is 0 Å². The average molecular weight is 247 g/mol. The summed E-state index contributed by atoms with van der Waals surface area (Å²) < 4.78 is 15.3. The van der Waals surface area contributed by atoms with Gasteiger partial charge in [-0.2, -0.15) is 0 Å². The third-order valence-corrected chi connectivity index (χ3v) is 2.99. The Morgan fingerprint density at radius 2 is 2.11 bits per heavy atom. The Morgan fingerprint density at radius 1 is 1.33 bits per heavy atom. The lowest BCUT2D eigenvalue weighted by Crippen LogP contribution is -2.09. The van der Waals surface area contributed by atoms with Crippen LogP contribution in [-0.2, 0) is 13.1 Å². The van der Waals surface area contributed by atoms with Crippen molar-refractivity contribution in [2.45, 2.75) is 32.9 Å². The van der Waals surface area contributed by atoms with Crippen molar-refractivity contribution in [1.82, 2.24) is 9.55 Å². The van der Waals surface area contributed by atoms with Gasteiger partial charge in [0.1, 0.15) is 11.6 Å². The van der Waals surface area contributed by atoms with Gasteiger partial charge in [-0.15, -0.1) is 0 Å². The van der Waals surface area contributed by atoms with Crippen LogP contribution in [0, 0.1) is 5.82 Å². The predicted octanol–water partition coefficient (Wildman–Crippen LogP) is 2.65. The first-order valence-corrected chi connectivity index (χ1v) is 6.10. The summed E-state index contributed by atoms with van der Waals surface area (Å²) in [4.78, 5) is 4.33. The second-order valence-electron chi connectivity index (χ2n) is 4.69. The summed E-state index contributed by atoms with van der Waals surface area (Å²) in [5, 5.41) is 0. The van der Waals surface area contributed by atoms with Crippen LogP contribution in [0.25, 0.3) is 0 Å². The van der Waals surface area contributed by atoms with Crippen LogP contribution >= 0.6 is 0 Å². The van der Waals surface area contributed by atoms with E-state index >= 15 is 0 Å². The van der Waals surface area contributed by atoms with Gasteiger partial charge in [0.25, 0.3) is 0 Å². The van der Waals surface area contributed by atoms with Gasteiger partial charge < -0.3 is 10.3 Å². The zero-order chi connectivity index (χ0) is 13.1. The maximum absolute atomic E-state index is 13.3. The lowest BCUT2D eigenvalue weighted by atomic mass is 10.1. The Morgan fingerprint density at radius 3 is 2.78 bits per heavy atom. The minimum atomic E-state index is -0.228. The van der Waals surface area contributed by atoms with Gasteiger partial charge in [0, 0.05) is 31.4 Å². The van der Waals surface area contributed by atoms with Crippen LogP contribution in [0.15, 0.2) is 30.6 Å². The fourth-order valence-corrected chi connectivity index (χ4v) is 2.08.